The zero-order chi connectivity index (χ0) is 8.97. The van der Waals surface area contributed by atoms with Crippen molar-refractivity contribution in [3.8, 4) is 0 Å². The molecule has 0 bridgehead atoms. The van der Waals surface area contributed by atoms with E-state index in [1.807, 2.05) is 24.3 Å². The van der Waals surface area contributed by atoms with Crippen LogP contribution in [0.3, 0.4) is 0 Å². The average molecular weight is 247 g/mol. The van der Waals surface area contributed by atoms with E-state index >= 15 is 0 Å². The standard InChI is InChI=1S/C8H7BrO2S/c9-6-1-3-7(4-2-6)12-5-8(10)11/h1-4H,5H2,(H,10,11). The summed E-state index contributed by atoms with van der Waals surface area (Å²) < 4.78 is 1.00. The average Bonchev–Trinajstić information content (AvgIpc) is 2.03. The Labute approximate surface area is 83.1 Å². The van der Waals surface area contributed by atoms with Crippen molar-refractivity contribution in [3.05, 3.63) is 28.7 Å². The molecular formula is C8H7BrO2S. The van der Waals surface area contributed by atoms with Crippen LogP contribution in [0.4, 0.5) is 0 Å². The van der Waals surface area contributed by atoms with E-state index in [2.05, 4.69) is 15.9 Å². The molecule has 0 saturated carbocycles. The first-order valence-corrected chi connectivity index (χ1v) is 5.06. The molecule has 0 unspecified atom stereocenters. The van der Waals surface area contributed by atoms with E-state index in [4.69, 9.17) is 5.11 Å². The summed E-state index contributed by atoms with van der Waals surface area (Å²) in [4.78, 5) is 11.2. The zero-order valence-corrected chi connectivity index (χ0v) is 8.56. The lowest BCUT2D eigenvalue weighted by atomic mass is 10.4. The molecule has 1 aromatic carbocycles. The number of aliphatic carboxylic acids is 1. The Kier molecular flexibility index (Phi) is 3.62. The molecular weight excluding hydrogens is 240 g/mol. The second-order valence-corrected chi connectivity index (χ2v) is 4.10. The number of benzene rings is 1. The first-order chi connectivity index (χ1) is 5.68. The van der Waals surface area contributed by atoms with Crippen molar-refractivity contribution >= 4 is 33.7 Å². The largest absolute Gasteiger partial charge is 0.481 e. The number of hydrogen-bond donors (Lipinski definition) is 1. The molecule has 0 fully saturated rings. The molecule has 64 valence electrons. The van der Waals surface area contributed by atoms with Gasteiger partial charge in [-0.2, -0.15) is 0 Å². The normalized spacial score (nSPS) is 9.75. The fraction of sp³-hybridized carbons (Fsp3) is 0.125. The summed E-state index contributed by atoms with van der Waals surface area (Å²) >= 11 is 4.62. The number of rotatable bonds is 3. The molecule has 0 heterocycles. The van der Waals surface area contributed by atoms with E-state index in [0.29, 0.717) is 0 Å². The number of carbonyl (C=O) groups is 1. The van der Waals surface area contributed by atoms with Gasteiger partial charge in [0.05, 0.1) is 5.75 Å². The van der Waals surface area contributed by atoms with Crippen LogP contribution >= 0.6 is 27.7 Å². The van der Waals surface area contributed by atoms with E-state index in [-0.39, 0.29) is 5.75 Å². The topological polar surface area (TPSA) is 37.3 Å². The number of thioether (sulfide) groups is 1. The van der Waals surface area contributed by atoms with Crippen LogP contribution in [0.1, 0.15) is 0 Å². The summed E-state index contributed by atoms with van der Waals surface area (Å²) in [7, 11) is 0. The van der Waals surface area contributed by atoms with Gasteiger partial charge in [-0.25, -0.2) is 0 Å². The lowest BCUT2D eigenvalue weighted by Crippen LogP contribution is -1.96. The van der Waals surface area contributed by atoms with Crippen molar-refractivity contribution in [2.75, 3.05) is 5.75 Å². The van der Waals surface area contributed by atoms with E-state index in [9.17, 15) is 4.79 Å². The summed E-state index contributed by atoms with van der Waals surface area (Å²) in [6.07, 6.45) is 0. The van der Waals surface area contributed by atoms with E-state index in [1.165, 1.54) is 11.8 Å². The summed E-state index contributed by atoms with van der Waals surface area (Å²) in [5.41, 5.74) is 0. The minimum atomic E-state index is -0.789. The molecule has 0 saturated heterocycles. The maximum atomic E-state index is 10.2. The minimum absolute atomic E-state index is 0.113. The summed E-state index contributed by atoms with van der Waals surface area (Å²) in [6, 6.07) is 7.56. The Bertz CT molecular complexity index is 271. The highest BCUT2D eigenvalue weighted by Gasteiger charge is 1.98. The smallest absolute Gasteiger partial charge is 0.313 e. The van der Waals surface area contributed by atoms with Crippen molar-refractivity contribution in [3.63, 3.8) is 0 Å². The second kappa shape index (κ2) is 4.52. The van der Waals surface area contributed by atoms with Crippen molar-refractivity contribution < 1.29 is 9.90 Å². The van der Waals surface area contributed by atoms with Crippen LogP contribution < -0.4 is 0 Å². The van der Waals surface area contributed by atoms with Crippen LogP contribution in [0.25, 0.3) is 0 Å². The van der Waals surface area contributed by atoms with Gasteiger partial charge in [0.2, 0.25) is 0 Å². The Morgan fingerprint density at radius 2 is 2.00 bits per heavy atom. The van der Waals surface area contributed by atoms with Gasteiger partial charge in [-0.05, 0) is 24.3 Å². The van der Waals surface area contributed by atoms with Crippen LogP contribution in [0.15, 0.2) is 33.6 Å². The SMILES string of the molecule is O=C(O)CSc1ccc(Br)cc1. The monoisotopic (exact) mass is 246 g/mol. The number of carboxylic acids is 1. The molecule has 2 nitrogen and oxygen atoms in total. The third kappa shape index (κ3) is 3.28. The van der Waals surface area contributed by atoms with Gasteiger partial charge in [-0.1, -0.05) is 15.9 Å². The molecule has 0 atom stereocenters. The fourth-order valence-electron chi connectivity index (χ4n) is 0.676. The molecule has 4 heteroatoms. The second-order valence-electron chi connectivity index (χ2n) is 2.14. The molecule has 0 aromatic heterocycles. The van der Waals surface area contributed by atoms with Crippen LogP contribution in [0.2, 0.25) is 0 Å². The number of hydrogen-bond acceptors (Lipinski definition) is 2. The Balaban J connectivity index is 2.53. The predicted molar refractivity (Wildman–Crippen MR) is 52.5 cm³/mol. The molecule has 1 rings (SSSR count). The highest BCUT2D eigenvalue weighted by Crippen LogP contribution is 2.19. The lowest BCUT2D eigenvalue weighted by Gasteiger charge is -1.97. The van der Waals surface area contributed by atoms with E-state index < -0.39 is 5.97 Å². The number of halogens is 1. The van der Waals surface area contributed by atoms with E-state index in [0.717, 1.165) is 9.37 Å². The molecule has 1 aromatic rings. The highest BCUT2D eigenvalue weighted by molar-refractivity contribution is 9.10. The minimum Gasteiger partial charge on any atom is -0.481 e. The Morgan fingerprint density at radius 1 is 1.42 bits per heavy atom. The molecule has 0 amide bonds. The van der Waals surface area contributed by atoms with Gasteiger partial charge in [0.25, 0.3) is 0 Å². The third-order valence-corrected chi connectivity index (χ3v) is 2.70. The summed E-state index contributed by atoms with van der Waals surface area (Å²) in [5, 5.41) is 8.40. The van der Waals surface area contributed by atoms with Gasteiger partial charge in [0.1, 0.15) is 0 Å². The van der Waals surface area contributed by atoms with Crippen LogP contribution in [-0.2, 0) is 4.79 Å². The molecule has 0 aliphatic heterocycles. The molecule has 0 spiro atoms. The lowest BCUT2D eigenvalue weighted by molar-refractivity contribution is -0.133. The summed E-state index contributed by atoms with van der Waals surface area (Å²) in [5.74, 6) is -0.676. The fourth-order valence-corrected chi connectivity index (χ4v) is 1.56. The van der Waals surface area contributed by atoms with Gasteiger partial charge >= 0.3 is 5.97 Å². The maximum absolute atomic E-state index is 10.2. The highest BCUT2D eigenvalue weighted by atomic mass is 79.9. The van der Waals surface area contributed by atoms with Gasteiger partial charge in [0.15, 0.2) is 0 Å². The van der Waals surface area contributed by atoms with Crippen LogP contribution in [-0.4, -0.2) is 16.8 Å². The zero-order valence-electron chi connectivity index (χ0n) is 6.16. The maximum Gasteiger partial charge on any atom is 0.313 e. The van der Waals surface area contributed by atoms with Crippen LogP contribution in [0.5, 0.6) is 0 Å². The first kappa shape index (κ1) is 9.61. The predicted octanol–water partition coefficient (Wildman–Crippen LogP) is 2.63. The van der Waals surface area contributed by atoms with Gasteiger partial charge in [-0.15, -0.1) is 11.8 Å². The van der Waals surface area contributed by atoms with Gasteiger partial charge < -0.3 is 5.11 Å². The molecule has 1 N–H and O–H groups in total. The Morgan fingerprint density at radius 3 is 2.50 bits per heavy atom. The molecule has 12 heavy (non-hydrogen) atoms. The number of carboxylic acid groups (broad SMARTS) is 1. The van der Waals surface area contributed by atoms with Crippen molar-refractivity contribution in [1.29, 1.82) is 0 Å². The quantitative estimate of drug-likeness (QED) is 0.834. The van der Waals surface area contributed by atoms with Crippen molar-refractivity contribution in [2.45, 2.75) is 4.90 Å². The third-order valence-electron chi connectivity index (χ3n) is 1.18. The Hall–Kier alpha value is -0.480. The first-order valence-electron chi connectivity index (χ1n) is 3.28. The van der Waals surface area contributed by atoms with Gasteiger partial charge in [0, 0.05) is 9.37 Å². The van der Waals surface area contributed by atoms with Crippen molar-refractivity contribution in [1.82, 2.24) is 0 Å². The summed E-state index contributed by atoms with van der Waals surface area (Å²) in [6.45, 7) is 0. The van der Waals surface area contributed by atoms with Crippen LogP contribution in [0, 0.1) is 0 Å². The van der Waals surface area contributed by atoms with Crippen molar-refractivity contribution in [2.24, 2.45) is 0 Å². The van der Waals surface area contributed by atoms with Gasteiger partial charge in [-0.3, -0.25) is 4.79 Å². The molecule has 0 radical (unpaired) electrons. The van der Waals surface area contributed by atoms with E-state index in [1.54, 1.807) is 0 Å². The molecule has 0 aliphatic carbocycles. The molecule has 0 aliphatic rings.